The van der Waals surface area contributed by atoms with Crippen molar-refractivity contribution in [3.05, 3.63) is 30.6 Å². The van der Waals surface area contributed by atoms with Crippen LogP contribution in [-0.4, -0.2) is 31.3 Å². The molecule has 0 fully saturated rings. The first-order valence-electron chi connectivity index (χ1n) is 5.91. The fourth-order valence-corrected chi connectivity index (χ4v) is 3.80. The molecule has 2 N–H and O–H groups in total. The van der Waals surface area contributed by atoms with Crippen molar-refractivity contribution in [2.24, 2.45) is 0 Å². The molecule has 3 rings (SSSR count). The smallest absolute Gasteiger partial charge is 0.240 e. The number of thiazole rings is 1. The molecule has 6 nitrogen and oxygen atoms in total. The number of rotatable bonds is 4. The molecule has 1 atom stereocenters. The Labute approximate surface area is 123 Å². The van der Waals surface area contributed by atoms with Gasteiger partial charge >= 0.3 is 0 Å². The number of hydrogen-bond acceptors (Lipinski definition) is 6. The number of nitrogens with one attached hydrogen (secondary N) is 2. The van der Waals surface area contributed by atoms with Gasteiger partial charge in [0.05, 0.1) is 15.5 Å². The maximum Gasteiger partial charge on any atom is 0.240 e. The molecule has 0 saturated carbocycles. The third-order valence-electron chi connectivity index (χ3n) is 2.58. The number of benzene rings is 1. The number of H-pyrrole nitrogens is 1. The van der Waals surface area contributed by atoms with E-state index in [1.165, 1.54) is 18.1 Å². The van der Waals surface area contributed by atoms with E-state index in [0.717, 1.165) is 14.6 Å². The Morgan fingerprint density at radius 3 is 3.05 bits per heavy atom. The fraction of sp³-hybridized carbons (Fsp3) is 0.167. The number of aromatic amines is 1. The monoisotopic (exact) mass is 305 g/mol. The van der Waals surface area contributed by atoms with Crippen LogP contribution < -0.4 is 5.32 Å². The molecule has 102 valence electrons. The maximum atomic E-state index is 12.0. The highest BCUT2D eigenvalue weighted by molar-refractivity contribution is 8.02. The molecule has 8 heteroatoms. The number of carbonyl (C=O) groups is 1. The molecule has 20 heavy (non-hydrogen) atoms. The van der Waals surface area contributed by atoms with Crippen LogP contribution in [0.15, 0.2) is 34.9 Å². The van der Waals surface area contributed by atoms with Gasteiger partial charge in [0, 0.05) is 0 Å². The summed E-state index contributed by atoms with van der Waals surface area (Å²) in [4.78, 5) is 20.3. The molecule has 1 aromatic carbocycles. The molecule has 0 bridgehead atoms. The van der Waals surface area contributed by atoms with Crippen LogP contribution in [0, 0.1) is 0 Å². The summed E-state index contributed by atoms with van der Waals surface area (Å²) in [6.45, 7) is 1.84. The predicted octanol–water partition coefficient (Wildman–Crippen LogP) is 2.53. The molecule has 0 aliphatic rings. The van der Waals surface area contributed by atoms with E-state index in [2.05, 4.69) is 25.5 Å². The van der Waals surface area contributed by atoms with Crippen molar-refractivity contribution < 1.29 is 4.79 Å². The zero-order chi connectivity index (χ0) is 13.9. The Balaban J connectivity index is 1.68. The maximum absolute atomic E-state index is 12.0. The summed E-state index contributed by atoms with van der Waals surface area (Å²) in [6, 6.07) is 7.93. The molecule has 0 unspecified atom stereocenters. The number of aromatic nitrogens is 4. The summed E-state index contributed by atoms with van der Waals surface area (Å²) in [7, 11) is 0. The van der Waals surface area contributed by atoms with E-state index in [9.17, 15) is 4.79 Å². The van der Waals surface area contributed by atoms with Gasteiger partial charge in [0.2, 0.25) is 11.9 Å². The van der Waals surface area contributed by atoms with E-state index in [1.54, 1.807) is 11.3 Å². The Kier molecular flexibility index (Phi) is 3.66. The molecule has 2 heterocycles. The predicted molar refractivity (Wildman–Crippen MR) is 80.0 cm³/mol. The molecule has 0 aliphatic heterocycles. The van der Waals surface area contributed by atoms with Gasteiger partial charge in [0.25, 0.3) is 0 Å². The highest BCUT2D eigenvalue weighted by Crippen LogP contribution is 2.32. The number of amides is 1. The molecule has 1 amide bonds. The molecule has 0 saturated heterocycles. The van der Waals surface area contributed by atoms with E-state index in [0.29, 0.717) is 5.95 Å². The molecule has 0 radical (unpaired) electrons. The lowest BCUT2D eigenvalue weighted by molar-refractivity contribution is -0.115. The van der Waals surface area contributed by atoms with Crippen molar-refractivity contribution in [2.45, 2.75) is 16.5 Å². The highest BCUT2D eigenvalue weighted by Gasteiger charge is 2.17. The zero-order valence-electron chi connectivity index (χ0n) is 10.5. The Hall–Kier alpha value is -1.93. The third kappa shape index (κ3) is 2.81. The summed E-state index contributed by atoms with van der Waals surface area (Å²) in [5.74, 6) is 0.220. The van der Waals surface area contributed by atoms with E-state index in [-0.39, 0.29) is 11.2 Å². The molecular weight excluding hydrogens is 294 g/mol. The summed E-state index contributed by atoms with van der Waals surface area (Å²) >= 11 is 3.02. The highest BCUT2D eigenvalue weighted by atomic mass is 32.2. The van der Waals surface area contributed by atoms with Crippen LogP contribution in [0.3, 0.4) is 0 Å². The van der Waals surface area contributed by atoms with Gasteiger partial charge in [-0.1, -0.05) is 23.9 Å². The minimum Gasteiger partial charge on any atom is -0.294 e. The Morgan fingerprint density at radius 2 is 2.30 bits per heavy atom. The van der Waals surface area contributed by atoms with Crippen molar-refractivity contribution in [3.8, 4) is 0 Å². The minimum atomic E-state index is -0.263. The van der Waals surface area contributed by atoms with Crippen LogP contribution >= 0.6 is 23.1 Å². The average Bonchev–Trinajstić information content (AvgIpc) is 3.06. The van der Waals surface area contributed by atoms with Gasteiger partial charge in [0.15, 0.2) is 4.34 Å². The summed E-state index contributed by atoms with van der Waals surface area (Å²) < 4.78 is 2.00. The second kappa shape index (κ2) is 5.59. The van der Waals surface area contributed by atoms with Crippen molar-refractivity contribution >= 4 is 45.2 Å². The Bertz CT molecular complexity index is 691. The summed E-state index contributed by atoms with van der Waals surface area (Å²) in [5, 5.41) is 8.67. The van der Waals surface area contributed by atoms with Gasteiger partial charge in [0.1, 0.15) is 6.33 Å². The minimum absolute atomic E-state index is 0.133. The normalized spacial score (nSPS) is 12.4. The first-order valence-corrected chi connectivity index (χ1v) is 7.60. The second-order valence-electron chi connectivity index (χ2n) is 4.03. The number of para-hydroxylation sites is 1. The van der Waals surface area contributed by atoms with Crippen molar-refractivity contribution in [1.82, 2.24) is 20.2 Å². The number of thioether (sulfide) groups is 1. The largest absolute Gasteiger partial charge is 0.294 e. The molecule has 0 aliphatic carbocycles. The lowest BCUT2D eigenvalue weighted by atomic mass is 10.3. The van der Waals surface area contributed by atoms with Gasteiger partial charge in [-0.25, -0.2) is 10.1 Å². The van der Waals surface area contributed by atoms with Crippen molar-refractivity contribution in [3.63, 3.8) is 0 Å². The number of fused-ring (bicyclic) bond motifs is 1. The number of nitrogens with zero attached hydrogens (tertiary/aromatic N) is 3. The van der Waals surface area contributed by atoms with E-state index in [1.807, 2.05) is 31.2 Å². The topological polar surface area (TPSA) is 83.6 Å². The fourth-order valence-electron chi connectivity index (χ4n) is 1.59. The van der Waals surface area contributed by atoms with Crippen LogP contribution in [0.1, 0.15) is 6.92 Å². The van der Waals surface area contributed by atoms with Gasteiger partial charge in [-0.05, 0) is 19.1 Å². The number of hydrogen-bond donors (Lipinski definition) is 2. The zero-order valence-corrected chi connectivity index (χ0v) is 12.2. The molecule has 2 aromatic heterocycles. The van der Waals surface area contributed by atoms with Gasteiger partial charge in [-0.15, -0.1) is 11.3 Å². The second-order valence-corrected chi connectivity index (χ2v) is 6.65. The van der Waals surface area contributed by atoms with E-state index >= 15 is 0 Å². The lowest BCUT2D eigenvalue weighted by Crippen LogP contribution is -2.22. The van der Waals surface area contributed by atoms with Crippen LogP contribution in [0.4, 0.5) is 5.95 Å². The van der Waals surface area contributed by atoms with Crippen LogP contribution in [0.5, 0.6) is 0 Å². The molecule has 0 spiro atoms. The molecular formula is C12H11N5OS2. The Morgan fingerprint density at radius 1 is 1.45 bits per heavy atom. The lowest BCUT2D eigenvalue weighted by Gasteiger charge is -2.07. The number of carbonyl (C=O) groups excluding carboxylic acids is 1. The molecule has 3 aromatic rings. The summed E-state index contributed by atoms with van der Waals surface area (Å²) in [5.41, 5.74) is 0.961. The van der Waals surface area contributed by atoms with Gasteiger partial charge in [-0.2, -0.15) is 10.1 Å². The van der Waals surface area contributed by atoms with Crippen LogP contribution in [0.25, 0.3) is 10.2 Å². The quantitative estimate of drug-likeness (QED) is 0.724. The van der Waals surface area contributed by atoms with E-state index in [4.69, 9.17) is 0 Å². The SMILES string of the molecule is C[C@@H](Sc1nc2ccccc2s1)C(=O)Nc1ncn[nH]1. The number of anilines is 1. The van der Waals surface area contributed by atoms with Crippen LogP contribution in [-0.2, 0) is 4.79 Å². The summed E-state index contributed by atoms with van der Waals surface area (Å²) in [6.07, 6.45) is 1.35. The van der Waals surface area contributed by atoms with Gasteiger partial charge in [-0.3, -0.25) is 10.1 Å². The van der Waals surface area contributed by atoms with Crippen molar-refractivity contribution in [1.29, 1.82) is 0 Å². The first-order chi connectivity index (χ1) is 9.72. The van der Waals surface area contributed by atoms with E-state index < -0.39 is 0 Å². The standard InChI is InChI=1S/C12H11N5OS2/c1-7(10(18)16-11-13-6-14-17-11)19-12-15-8-4-2-3-5-9(8)20-12/h2-7H,1H3,(H2,13,14,16,17,18)/t7-/m1/s1. The first kappa shape index (κ1) is 13.1. The van der Waals surface area contributed by atoms with Gasteiger partial charge < -0.3 is 0 Å². The average molecular weight is 305 g/mol. The van der Waals surface area contributed by atoms with Crippen LogP contribution in [0.2, 0.25) is 0 Å². The third-order valence-corrected chi connectivity index (χ3v) is 4.81. The van der Waals surface area contributed by atoms with Crippen molar-refractivity contribution in [2.75, 3.05) is 5.32 Å².